The Morgan fingerprint density at radius 3 is 2.63 bits per heavy atom. The number of aliphatic hydroxyl groups is 1. The second kappa shape index (κ2) is 5.80. The summed E-state index contributed by atoms with van der Waals surface area (Å²) in [6, 6.07) is 4.70. The summed E-state index contributed by atoms with van der Waals surface area (Å²) in [5.41, 5.74) is -0.903. The summed E-state index contributed by atoms with van der Waals surface area (Å²) in [7, 11) is 0. The van der Waals surface area contributed by atoms with Gasteiger partial charge in [0.2, 0.25) is 0 Å². The van der Waals surface area contributed by atoms with Crippen molar-refractivity contribution in [3.05, 3.63) is 28.8 Å². The van der Waals surface area contributed by atoms with Crippen LogP contribution in [0.1, 0.15) is 42.5 Å². The van der Waals surface area contributed by atoms with E-state index in [0.29, 0.717) is 12.8 Å². The van der Waals surface area contributed by atoms with Crippen molar-refractivity contribution in [2.75, 3.05) is 6.61 Å². The van der Waals surface area contributed by atoms with Crippen molar-refractivity contribution in [2.24, 2.45) is 0 Å². The topological polar surface area (TPSA) is 66.8 Å². The first-order chi connectivity index (χ1) is 9.02. The molecule has 4 nitrogen and oxygen atoms in total. The highest BCUT2D eigenvalue weighted by atomic mass is 35.5. The van der Waals surface area contributed by atoms with E-state index in [9.17, 15) is 9.90 Å². The number of ether oxygens (including phenoxy) is 1. The minimum Gasteiger partial charge on any atom is -0.490 e. The molecule has 1 aliphatic carbocycles. The van der Waals surface area contributed by atoms with Gasteiger partial charge in [-0.1, -0.05) is 36.9 Å². The van der Waals surface area contributed by atoms with E-state index in [4.69, 9.17) is 21.4 Å². The molecule has 0 spiro atoms. The van der Waals surface area contributed by atoms with E-state index in [1.165, 1.54) is 6.07 Å². The van der Waals surface area contributed by atoms with Gasteiger partial charge in [0, 0.05) is 0 Å². The van der Waals surface area contributed by atoms with Gasteiger partial charge in [0.15, 0.2) is 0 Å². The molecule has 0 radical (unpaired) electrons. The second-order valence-corrected chi connectivity index (χ2v) is 5.40. The minimum absolute atomic E-state index is 0.0522. The van der Waals surface area contributed by atoms with Gasteiger partial charge in [0.25, 0.3) is 0 Å². The normalized spacial score (nSPS) is 18.0. The summed E-state index contributed by atoms with van der Waals surface area (Å²) in [5.74, 6) is -0.921. The van der Waals surface area contributed by atoms with Crippen LogP contribution in [-0.2, 0) is 0 Å². The molecule has 0 saturated heterocycles. The molecule has 0 heterocycles. The van der Waals surface area contributed by atoms with Gasteiger partial charge >= 0.3 is 5.97 Å². The zero-order chi connectivity index (χ0) is 13.9. The number of carboxylic acids is 1. The van der Waals surface area contributed by atoms with Crippen molar-refractivity contribution in [3.63, 3.8) is 0 Å². The van der Waals surface area contributed by atoms with E-state index in [2.05, 4.69) is 0 Å². The summed E-state index contributed by atoms with van der Waals surface area (Å²) < 4.78 is 5.51. The number of benzene rings is 1. The van der Waals surface area contributed by atoms with Gasteiger partial charge < -0.3 is 14.9 Å². The van der Waals surface area contributed by atoms with E-state index in [1.54, 1.807) is 12.1 Å². The molecule has 104 valence electrons. The Bertz CT molecular complexity index is 467. The quantitative estimate of drug-likeness (QED) is 0.891. The summed E-state index contributed by atoms with van der Waals surface area (Å²) in [6.45, 7) is 0.105. The zero-order valence-corrected chi connectivity index (χ0v) is 11.3. The Hall–Kier alpha value is -1.26. The van der Waals surface area contributed by atoms with Crippen molar-refractivity contribution in [1.82, 2.24) is 0 Å². The third-order valence-electron chi connectivity index (χ3n) is 3.47. The smallest absolute Gasteiger partial charge is 0.341 e. The van der Waals surface area contributed by atoms with E-state index in [-0.39, 0.29) is 22.9 Å². The van der Waals surface area contributed by atoms with Crippen LogP contribution in [0.15, 0.2) is 18.2 Å². The fourth-order valence-corrected chi connectivity index (χ4v) is 2.65. The van der Waals surface area contributed by atoms with Crippen molar-refractivity contribution < 1.29 is 19.7 Å². The largest absolute Gasteiger partial charge is 0.490 e. The standard InChI is InChI=1S/C14H17ClO4/c15-10-5-4-6-11(12(10)13(16)17)19-9-14(18)7-2-1-3-8-14/h4-6,18H,1-3,7-9H2,(H,16,17). The van der Waals surface area contributed by atoms with Gasteiger partial charge in [0.1, 0.15) is 17.9 Å². The number of carboxylic acid groups (broad SMARTS) is 1. The number of aromatic carboxylic acids is 1. The molecule has 1 aromatic carbocycles. The van der Waals surface area contributed by atoms with Crippen LogP contribution in [0, 0.1) is 0 Å². The Morgan fingerprint density at radius 1 is 1.32 bits per heavy atom. The molecule has 0 bridgehead atoms. The van der Waals surface area contributed by atoms with Gasteiger partial charge in [-0.25, -0.2) is 4.79 Å². The summed E-state index contributed by atoms with van der Waals surface area (Å²) in [4.78, 5) is 11.1. The van der Waals surface area contributed by atoms with E-state index >= 15 is 0 Å². The van der Waals surface area contributed by atoms with E-state index in [0.717, 1.165) is 19.3 Å². The molecule has 0 aliphatic heterocycles. The maximum absolute atomic E-state index is 11.1. The fraction of sp³-hybridized carbons (Fsp3) is 0.500. The number of hydrogen-bond donors (Lipinski definition) is 2. The molecule has 2 rings (SSSR count). The lowest BCUT2D eigenvalue weighted by Gasteiger charge is -2.31. The Morgan fingerprint density at radius 2 is 2.00 bits per heavy atom. The highest BCUT2D eigenvalue weighted by Gasteiger charge is 2.30. The van der Waals surface area contributed by atoms with Crippen molar-refractivity contribution in [2.45, 2.75) is 37.7 Å². The SMILES string of the molecule is O=C(O)c1c(Cl)cccc1OCC1(O)CCCCC1. The third-order valence-corrected chi connectivity index (χ3v) is 3.78. The molecule has 19 heavy (non-hydrogen) atoms. The number of rotatable bonds is 4. The van der Waals surface area contributed by atoms with Crippen molar-refractivity contribution >= 4 is 17.6 Å². The van der Waals surface area contributed by atoms with Crippen LogP contribution in [0.4, 0.5) is 0 Å². The predicted octanol–water partition coefficient (Wildman–Crippen LogP) is 3.11. The number of halogens is 1. The molecular weight excluding hydrogens is 268 g/mol. The van der Waals surface area contributed by atoms with Gasteiger partial charge in [-0.3, -0.25) is 0 Å². The van der Waals surface area contributed by atoms with Crippen LogP contribution in [0.25, 0.3) is 0 Å². The maximum Gasteiger partial charge on any atom is 0.341 e. The monoisotopic (exact) mass is 284 g/mol. The van der Waals surface area contributed by atoms with Crippen LogP contribution in [0.5, 0.6) is 5.75 Å². The molecule has 1 saturated carbocycles. The molecule has 0 aromatic heterocycles. The summed E-state index contributed by atoms with van der Waals surface area (Å²) >= 11 is 5.86. The first kappa shape index (κ1) is 14.2. The fourth-order valence-electron chi connectivity index (χ4n) is 2.40. The molecule has 0 unspecified atom stereocenters. The lowest BCUT2D eigenvalue weighted by atomic mass is 9.85. The average Bonchev–Trinajstić information content (AvgIpc) is 2.37. The van der Waals surface area contributed by atoms with Crippen molar-refractivity contribution in [1.29, 1.82) is 0 Å². The highest BCUT2D eigenvalue weighted by molar-refractivity contribution is 6.33. The second-order valence-electron chi connectivity index (χ2n) is 4.99. The zero-order valence-electron chi connectivity index (χ0n) is 10.6. The van der Waals surface area contributed by atoms with E-state index in [1.807, 2.05) is 0 Å². The lowest BCUT2D eigenvalue weighted by Crippen LogP contribution is -2.38. The first-order valence-corrected chi connectivity index (χ1v) is 6.77. The molecular formula is C14H17ClO4. The lowest BCUT2D eigenvalue weighted by molar-refractivity contribution is -0.0341. The Balaban J connectivity index is 2.11. The number of carbonyl (C=O) groups is 1. The van der Waals surface area contributed by atoms with Gasteiger partial charge in [0.05, 0.1) is 10.6 Å². The Kier molecular flexibility index (Phi) is 4.32. The maximum atomic E-state index is 11.1. The van der Waals surface area contributed by atoms with Crippen molar-refractivity contribution in [3.8, 4) is 5.75 Å². The van der Waals surface area contributed by atoms with Gasteiger partial charge in [-0.2, -0.15) is 0 Å². The molecule has 1 aliphatic rings. The Labute approximate surface area is 117 Å². The molecule has 5 heteroatoms. The van der Waals surface area contributed by atoms with Crippen LogP contribution in [0.3, 0.4) is 0 Å². The molecule has 2 N–H and O–H groups in total. The van der Waals surface area contributed by atoms with E-state index < -0.39 is 11.6 Å². The van der Waals surface area contributed by atoms with Gasteiger partial charge in [-0.05, 0) is 25.0 Å². The van der Waals surface area contributed by atoms with Crippen LogP contribution < -0.4 is 4.74 Å². The molecule has 0 atom stereocenters. The predicted molar refractivity (Wildman–Crippen MR) is 71.9 cm³/mol. The van der Waals surface area contributed by atoms with Crippen LogP contribution in [0.2, 0.25) is 5.02 Å². The van der Waals surface area contributed by atoms with Crippen LogP contribution >= 0.6 is 11.6 Å². The average molecular weight is 285 g/mol. The molecule has 0 amide bonds. The van der Waals surface area contributed by atoms with Gasteiger partial charge in [-0.15, -0.1) is 0 Å². The third kappa shape index (κ3) is 3.39. The summed E-state index contributed by atoms with van der Waals surface area (Å²) in [5, 5.41) is 19.6. The summed E-state index contributed by atoms with van der Waals surface area (Å²) in [6.07, 6.45) is 4.45. The minimum atomic E-state index is -1.13. The molecule has 1 aromatic rings. The highest BCUT2D eigenvalue weighted by Crippen LogP contribution is 2.31. The number of hydrogen-bond acceptors (Lipinski definition) is 3. The first-order valence-electron chi connectivity index (χ1n) is 6.39. The molecule has 1 fully saturated rings. The van der Waals surface area contributed by atoms with Crippen LogP contribution in [-0.4, -0.2) is 28.4 Å².